The largest absolute Gasteiger partial charge is 0.464 e. The standard InChI is InChI=1S/C26H34N2O4/c1-5-7-9-19-11-15-21(16-12-19)27-23(25(29)31-3)24(26(30)32-4)28-22-17-13-20(14-18-22)10-8-6-2/h11-18,27-28H,5-10H2,1-4H3/b24-23+. The Bertz CT molecular complexity index is 827. The summed E-state index contributed by atoms with van der Waals surface area (Å²) >= 11 is 0. The van der Waals surface area contributed by atoms with Crippen molar-refractivity contribution in [2.24, 2.45) is 0 Å². The van der Waals surface area contributed by atoms with Crippen molar-refractivity contribution in [3.8, 4) is 0 Å². The first kappa shape index (κ1) is 25.0. The van der Waals surface area contributed by atoms with Gasteiger partial charge in [-0.3, -0.25) is 0 Å². The fraction of sp³-hybridized carbons (Fsp3) is 0.385. The molecule has 0 unspecified atom stereocenters. The van der Waals surface area contributed by atoms with Crippen molar-refractivity contribution >= 4 is 23.3 Å². The van der Waals surface area contributed by atoms with Gasteiger partial charge in [0.05, 0.1) is 14.2 Å². The normalized spacial score (nSPS) is 11.4. The van der Waals surface area contributed by atoms with E-state index >= 15 is 0 Å². The second-order valence-corrected chi connectivity index (χ2v) is 7.58. The average molecular weight is 439 g/mol. The van der Waals surface area contributed by atoms with Crippen LogP contribution in [0.5, 0.6) is 0 Å². The first-order chi connectivity index (χ1) is 15.5. The number of rotatable bonds is 12. The molecule has 0 atom stereocenters. The number of aryl methyl sites for hydroxylation is 2. The summed E-state index contributed by atoms with van der Waals surface area (Å²) in [4.78, 5) is 25.1. The molecule has 2 rings (SSSR count). The summed E-state index contributed by atoms with van der Waals surface area (Å²) in [6.07, 6.45) is 6.49. The molecule has 172 valence electrons. The molecule has 6 heteroatoms. The molecule has 32 heavy (non-hydrogen) atoms. The van der Waals surface area contributed by atoms with E-state index in [1.165, 1.54) is 25.3 Å². The average Bonchev–Trinajstić information content (AvgIpc) is 2.84. The van der Waals surface area contributed by atoms with Crippen LogP contribution in [0.3, 0.4) is 0 Å². The van der Waals surface area contributed by atoms with Crippen LogP contribution in [0.15, 0.2) is 59.9 Å². The van der Waals surface area contributed by atoms with E-state index in [2.05, 4.69) is 24.5 Å². The van der Waals surface area contributed by atoms with E-state index in [4.69, 9.17) is 9.47 Å². The molecule has 0 bridgehead atoms. The Labute approximate surface area is 191 Å². The lowest BCUT2D eigenvalue weighted by Crippen LogP contribution is -2.24. The second kappa shape index (κ2) is 13.2. The summed E-state index contributed by atoms with van der Waals surface area (Å²) in [5.74, 6) is -1.35. The van der Waals surface area contributed by atoms with Gasteiger partial charge in [0.15, 0.2) is 11.4 Å². The van der Waals surface area contributed by atoms with E-state index in [0.29, 0.717) is 11.4 Å². The third kappa shape index (κ3) is 7.45. The van der Waals surface area contributed by atoms with Crippen molar-refractivity contribution < 1.29 is 19.1 Å². The fourth-order valence-electron chi connectivity index (χ4n) is 3.20. The van der Waals surface area contributed by atoms with Gasteiger partial charge in [0.25, 0.3) is 0 Å². The molecule has 0 aromatic heterocycles. The molecular weight excluding hydrogens is 404 g/mol. The van der Waals surface area contributed by atoms with Crippen molar-refractivity contribution in [3.05, 3.63) is 71.1 Å². The molecule has 0 radical (unpaired) electrons. The summed E-state index contributed by atoms with van der Waals surface area (Å²) in [5, 5.41) is 6.06. The molecule has 0 aliphatic rings. The van der Waals surface area contributed by atoms with Crippen molar-refractivity contribution in [1.82, 2.24) is 0 Å². The number of carbonyl (C=O) groups is 2. The zero-order valence-corrected chi connectivity index (χ0v) is 19.5. The number of ether oxygens (including phenoxy) is 2. The first-order valence-electron chi connectivity index (χ1n) is 11.1. The Morgan fingerprint density at radius 3 is 1.28 bits per heavy atom. The predicted octanol–water partition coefficient (Wildman–Crippen LogP) is 5.45. The van der Waals surface area contributed by atoms with Gasteiger partial charge in [-0.05, 0) is 61.1 Å². The molecule has 0 heterocycles. The van der Waals surface area contributed by atoms with Gasteiger partial charge < -0.3 is 20.1 Å². The first-order valence-corrected chi connectivity index (χ1v) is 11.1. The van der Waals surface area contributed by atoms with Crippen molar-refractivity contribution in [1.29, 1.82) is 0 Å². The molecule has 2 aromatic rings. The van der Waals surface area contributed by atoms with Gasteiger partial charge in [-0.25, -0.2) is 9.59 Å². The van der Waals surface area contributed by atoms with Crippen LogP contribution < -0.4 is 10.6 Å². The zero-order valence-electron chi connectivity index (χ0n) is 19.5. The van der Waals surface area contributed by atoms with Gasteiger partial charge in [0.2, 0.25) is 0 Å². The molecule has 0 spiro atoms. The number of methoxy groups -OCH3 is 2. The maximum Gasteiger partial charge on any atom is 0.356 e. The summed E-state index contributed by atoms with van der Waals surface area (Å²) in [7, 11) is 2.55. The van der Waals surface area contributed by atoms with Crippen LogP contribution in [0.1, 0.15) is 50.7 Å². The lowest BCUT2D eigenvalue weighted by atomic mass is 10.1. The van der Waals surface area contributed by atoms with Gasteiger partial charge in [0, 0.05) is 11.4 Å². The molecule has 0 aliphatic heterocycles. The third-order valence-electron chi connectivity index (χ3n) is 5.11. The molecule has 0 fully saturated rings. The minimum atomic E-state index is -0.674. The van der Waals surface area contributed by atoms with Crippen LogP contribution >= 0.6 is 0 Å². The van der Waals surface area contributed by atoms with E-state index in [-0.39, 0.29) is 11.4 Å². The maximum absolute atomic E-state index is 12.6. The molecule has 0 aliphatic carbocycles. The van der Waals surface area contributed by atoms with E-state index in [1.807, 2.05) is 48.5 Å². The van der Waals surface area contributed by atoms with Crippen LogP contribution in [-0.2, 0) is 31.9 Å². The minimum Gasteiger partial charge on any atom is -0.464 e. The van der Waals surface area contributed by atoms with Gasteiger partial charge in [-0.2, -0.15) is 0 Å². The van der Waals surface area contributed by atoms with E-state index < -0.39 is 11.9 Å². The maximum atomic E-state index is 12.6. The molecular formula is C26H34N2O4. The lowest BCUT2D eigenvalue weighted by Gasteiger charge is -2.16. The molecule has 2 N–H and O–H groups in total. The minimum absolute atomic E-state index is 0.0179. The number of benzene rings is 2. The SMILES string of the molecule is CCCCc1ccc(N/C(C(=O)OC)=C(/Nc2ccc(CCCC)cc2)C(=O)OC)cc1. The molecule has 0 saturated carbocycles. The highest BCUT2D eigenvalue weighted by atomic mass is 16.5. The Morgan fingerprint density at radius 1 is 0.656 bits per heavy atom. The number of anilines is 2. The monoisotopic (exact) mass is 438 g/mol. The fourth-order valence-corrected chi connectivity index (χ4v) is 3.20. The van der Waals surface area contributed by atoms with Gasteiger partial charge in [-0.1, -0.05) is 51.0 Å². The number of hydrogen-bond acceptors (Lipinski definition) is 6. The summed E-state index contributed by atoms with van der Waals surface area (Å²) < 4.78 is 9.86. The summed E-state index contributed by atoms with van der Waals surface area (Å²) in [5.41, 5.74) is 3.74. The highest BCUT2D eigenvalue weighted by molar-refractivity contribution is 6.04. The number of unbranched alkanes of at least 4 members (excludes halogenated alkanes) is 2. The topological polar surface area (TPSA) is 76.7 Å². The van der Waals surface area contributed by atoms with E-state index in [9.17, 15) is 9.59 Å². The quantitative estimate of drug-likeness (QED) is 0.339. The summed E-state index contributed by atoms with van der Waals surface area (Å²) in [6.45, 7) is 4.31. The van der Waals surface area contributed by atoms with E-state index in [0.717, 1.165) is 38.5 Å². The Hall–Kier alpha value is -3.28. The Morgan fingerprint density at radius 2 is 1.00 bits per heavy atom. The van der Waals surface area contributed by atoms with Crippen molar-refractivity contribution in [2.45, 2.75) is 52.4 Å². The number of hydrogen-bond donors (Lipinski definition) is 2. The number of nitrogens with one attached hydrogen (secondary N) is 2. The highest BCUT2D eigenvalue weighted by Gasteiger charge is 2.23. The van der Waals surface area contributed by atoms with Crippen LogP contribution in [0.2, 0.25) is 0 Å². The van der Waals surface area contributed by atoms with Gasteiger partial charge in [0.1, 0.15) is 0 Å². The molecule has 0 saturated heterocycles. The smallest absolute Gasteiger partial charge is 0.356 e. The van der Waals surface area contributed by atoms with Crippen molar-refractivity contribution in [3.63, 3.8) is 0 Å². The van der Waals surface area contributed by atoms with Crippen LogP contribution in [0.4, 0.5) is 11.4 Å². The molecule has 0 amide bonds. The zero-order chi connectivity index (χ0) is 23.3. The molecule has 2 aromatic carbocycles. The Balaban J connectivity index is 2.32. The van der Waals surface area contributed by atoms with Crippen LogP contribution in [0, 0.1) is 0 Å². The molecule has 6 nitrogen and oxygen atoms in total. The highest BCUT2D eigenvalue weighted by Crippen LogP contribution is 2.20. The Kier molecular flexibility index (Phi) is 10.3. The predicted molar refractivity (Wildman–Crippen MR) is 128 cm³/mol. The third-order valence-corrected chi connectivity index (χ3v) is 5.11. The summed E-state index contributed by atoms with van der Waals surface area (Å²) in [6, 6.07) is 15.5. The van der Waals surface area contributed by atoms with Crippen molar-refractivity contribution in [2.75, 3.05) is 24.9 Å². The van der Waals surface area contributed by atoms with Gasteiger partial charge >= 0.3 is 11.9 Å². The second-order valence-electron chi connectivity index (χ2n) is 7.58. The van der Waals surface area contributed by atoms with Gasteiger partial charge in [-0.15, -0.1) is 0 Å². The van der Waals surface area contributed by atoms with Crippen LogP contribution in [-0.4, -0.2) is 26.2 Å². The lowest BCUT2D eigenvalue weighted by molar-refractivity contribution is -0.139. The van der Waals surface area contributed by atoms with Crippen LogP contribution in [0.25, 0.3) is 0 Å². The van der Waals surface area contributed by atoms with E-state index in [1.54, 1.807) is 0 Å². The number of esters is 2. The number of carbonyl (C=O) groups excluding carboxylic acids is 2.